The van der Waals surface area contributed by atoms with Gasteiger partial charge in [0.1, 0.15) is 11.6 Å². The second kappa shape index (κ2) is 9.87. The number of carbonyl (C=O) groups is 1. The van der Waals surface area contributed by atoms with Gasteiger partial charge < -0.3 is 15.2 Å². The third kappa shape index (κ3) is 5.17. The molecule has 6 heteroatoms. The molecule has 2 aromatic carbocycles. The lowest BCUT2D eigenvalue weighted by atomic mass is 9.98. The minimum absolute atomic E-state index is 0.0257. The summed E-state index contributed by atoms with van der Waals surface area (Å²) in [4.78, 5) is 19.2. The number of carbonyl (C=O) groups excluding carboxylic acids is 1. The number of hydrogen-bond donors (Lipinski definition) is 1. The first-order valence-corrected chi connectivity index (χ1v) is 11.5. The van der Waals surface area contributed by atoms with Crippen LogP contribution in [0.3, 0.4) is 0 Å². The number of aromatic nitrogens is 2. The number of amides is 1. The summed E-state index contributed by atoms with van der Waals surface area (Å²) in [6.45, 7) is 14.0. The molecular formula is C27H35FN4O. The fraction of sp³-hybridized carbons (Fsp3) is 0.407. The second-order valence-electron chi connectivity index (χ2n) is 9.45. The van der Waals surface area contributed by atoms with Crippen molar-refractivity contribution in [3.63, 3.8) is 0 Å². The first kappa shape index (κ1) is 24.6. The Morgan fingerprint density at radius 1 is 1.03 bits per heavy atom. The van der Waals surface area contributed by atoms with Crippen LogP contribution in [0.25, 0.3) is 11.3 Å². The predicted molar refractivity (Wildman–Crippen MR) is 131 cm³/mol. The molecule has 2 heterocycles. The van der Waals surface area contributed by atoms with Gasteiger partial charge in [0.25, 0.3) is 0 Å². The minimum Gasteiger partial charge on any atom is -0.327 e. The van der Waals surface area contributed by atoms with Crippen LogP contribution in [0.4, 0.5) is 4.39 Å². The molecule has 0 atom stereocenters. The van der Waals surface area contributed by atoms with Crippen molar-refractivity contribution in [1.82, 2.24) is 14.5 Å². The average Bonchev–Trinajstić information content (AvgIpc) is 3.18. The molecule has 0 spiro atoms. The van der Waals surface area contributed by atoms with Crippen molar-refractivity contribution in [1.29, 1.82) is 0 Å². The Hall–Kier alpha value is -2.99. The molecule has 0 unspecified atom stereocenters. The van der Waals surface area contributed by atoms with E-state index in [1.807, 2.05) is 11.8 Å². The summed E-state index contributed by atoms with van der Waals surface area (Å²) in [5.41, 5.74) is 10.9. The minimum atomic E-state index is -0.471. The van der Waals surface area contributed by atoms with Gasteiger partial charge in [0, 0.05) is 24.3 Å². The van der Waals surface area contributed by atoms with Crippen molar-refractivity contribution in [2.75, 3.05) is 13.1 Å². The first-order chi connectivity index (χ1) is 15.6. The highest BCUT2D eigenvalue weighted by molar-refractivity contribution is 5.79. The standard InChI is InChI=1S/C20H28N4O.C7H7F/c1-13(2)18-17(15-8-6-14(3)7-9-15)22-19-20(4,5)24(16(25)12-21)11-10-23(18)19;1-6-2-4-7(8)5-3-6/h6-9,13H,10-12,21H2,1-5H3;2-5H,1H3. The summed E-state index contributed by atoms with van der Waals surface area (Å²) in [5, 5.41) is 0. The highest BCUT2D eigenvalue weighted by Gasteiger charge is 2.41. The Balaban J connectivity index is 0.000000323. The van der Waals surface area contributed by atoms with Crippen LogP contribution in [-0.2, 0) is 16.9 Å². The zero-order valence-corrected chi connectivity index (χ0v) is 20.5. The van der Waals surface area contributed by atoms with Crippen LogP contribution in [0.15, 0.2) is 48.5 Å². The Morgan fingerprint density at radius 2 is 1.58 bits per heavy atom. The number of hydrogen-bond acceptors (Lipinski definition) is 3. The summed E-state index contributed by atoms with van der Waals surface area (Å²) in [5.74, 6) is 1.10. The van der Waals surface area contributed by atoms with Crippen LogP contribution in [-0.4, -0.2) is 33.4 Å². The summed E-state index contributed by atoms with van der Waals surface area (Å²) < 4.78 is 14.4. The Labute approximate surface area is 196 Å². The summed E-state index contributed by atoms with van der Waals surface area (Å²) in [7, 11) is 0. The van der Waals surface area contributed by atoms with Gasteiger partial charge in [-0.05, 0) is 45.7 Å². The number of nitrogens with two attached hydrogens (primary N) is 1. The van der Waals surface area contributed by atoms with Crippen LogP contribution < -0.4 is 5.73 Å². The lowest BCUT2D eigenvalue weighted by molar-refractivity contribution is -0.137. The monoisotopic (exact) mass is 450 g/mol. The maximum atomic E-state index is 12.3. The second-order valence-corrected chi connectivity index (χ2v) is 9.45. The van der Waals surface area contributed by atoms with Crippen molar-refractivity contribution in [2.45, 2.75) is 59.5 Å². The van der Waals surface area contributed by atoms with E-state index in [-0.39, 0.29) is 18.3 Å². The summed E-state index contributed by atoms with van der Waals surface area (Å²) >= 11 is 0. The molecular weight excluding hydrogens is 415 g/mol. The number of aryl methyl sites for hydroxylation is 2. The predicted octanol–water partition coefficient (Wildman–Crippen LogP) is 5.15. The SMILES string of the molecule is Cc1ccc(-c2nc3n(c2C(C)C)CCN(C(=O)CN)C3(C)C)cc1.Cc1ccc(F)cc1. The zero-order chi connectivity index (χ0) is 24.3. The van der Waals surface area contributed by atoms with Crippen LogP contribution in [0.2, 0.25) is 0 Å². The molecule has 176 valence electrons. The highest BCUT2D eigenvalue weighted by atomic mass is 19.1. The molecule has 0 saturated heterocycles. The maximum Gasteiger partial charge on any atom is 0.237 e. The van der Waals surface area contributed by atoms with Gasteiger partial charge in [0.2, 0.25) is 5.91 Å². The Kier molecular flexibility index (Phi) is 7.38. The Bertz CT molecular complexity index is 1080. The van der Waals surface area contributed by atoms with Gasteiger partial charge in [-0.15, -0.1) is 0 Å². The number of fused-ring (bicyclic) bond motifs is 1. The molecule has 0 saturated carbocycles. The van der Waals surface area contributed by atoms with E-state index in [9.17, 15) is 9.18 Å². The number of benzene rings is 2. The number of imidazole rings is 1. The molecule has 1 amide bonds. The van der Waals surface area contributed by atoms with Crippen molar-refractivity contribution < 1.29 is 9.18 Å². The van der Waals surface area contributed by atoms with Gasteiger partial charge >= 0.3 is 0 Å². The van der Waals surface area contributed by atoms with Crippen LogP contribution in [0.5, 0.6) is 0 Å². The summed E-state index contributed by atoms with van der Waals surface area (Å²) in [6.07, 6.45) is 0. The third-order valence-corrected chi connectivity index (χ3v) is 6.13. The zero-order valence-electron chi connectivity index (χ0n) is 20.5. The van der Waals surface area contributed by atoms with E-state index in [2.05, 4.69) is 63.5 Å². The smallest absolute Gasteiger partial charge is 0.237 e. The molecule has 33 heavy (non-hydrogen) atoms. The number of halogens is 1. The molecule has 4 rings (SSSR count). The van der Waals surface area contributed by atoms with Gasteiger partial charge in [0.15, 0.2) is 0 Å². The molecule has 1 aliphatic rings. The van der Waals surface area contributed by atoms with E-state index in [1.165, 1.54) is 23.4 Å². The van der Waals surface area contributed by atoms with Crippen LogP contribution >= 0.6 is 0 Å². The Morgan fingerprint density at radius 3 is 2.06 bits per heavy atom. The normalized spacial score (nSPS) is 14.5. The van der Waals surface area contributed by atoms with E-state index in [0.29, 0.717) is 12.5 Å². The molecule has 0 aliphatic carbocycles. The van der Waals surface area contributed by atoms with Crippen molar-refractivity contribution >= 4 is 5.91 Å². The molecule has 1 aromatic heterocycles. The van der Waals surface area contributed by atoms with E-state index in [4.69, 9.17) is 10.7 Å². The molecule has 5 nitrogen and oxygen atoms in total. The quantitative estimate of drug-likeness (QED) is 0.600. The molecule has 0 fully saturated rings. The largest absolute Gasteiger partial charge is 0.327 e. The number of rotatable bonds is 3. The fourth-order valence-corrected chi connectivity index (χ4v) is 4.35. The van der Waals surface area contributed by atoms with Crippen LogP contribution in [0.1, 0.15) is 56.3 Å². The average molecular weight is 451 g/mol. The van der Waals surface area contributed by atoms with Crippen molar-refractivity contribution in [3.05, 3.63) is 77.0 Å². The third-order valence-electron chi connectivity index (χ3n) is 6.13. The van der Waals surface area contributed by atoms with Gasteiger partial charge in [-0.3, -0.25) is 4.79 Å². The molecule has 3 aromatic rings. The van der Waals surface area contributed by atoms with Crippen LogP contribution in [0, 0.1) is 19.7 Å². The highest BCUT2D eigenvalue weighted by Crippen LogP contribution is 2.38. The summed E-state index contributed by atoms with van der Waals surface area (Å²) in [6, 6.07) is 14.9. The van der Waals surface area contributed by atoms with Gasteiger partial charge in [-0.2, -0.15) is 0 Å². The van der Waals surface area contributed by atoms with E-state index < -0.39 is 5.54 Å². The molecule has 0 radical (unpaired) electrons. The van der Waals surface area contributed by atoms with Gasteiger partial charge in [-0.1, -0.05) is 61.4 Å². The van der Waals surface area contributed by atoms with Gasteiger partial charge in [-0.25, -0.2) is 9.37 Å². The first-order valence-electron chi connectivity index (χ1n) is 11.5. The molecule has 1 aliphatic heterocycles. The van der Waals surface area contributed by atoms with E-state index in [1.54, 1.807) is 12.1 Å². The van der Waals surface area contributed by atoms with Crippen molar-refractivity contribution in [2.24, 2.45) is 5.73 Å². The van der Waals surface area contributed by atoms with E-state index in [0.717, 1.165) is 29.2 Å². The molecule has 0 bridgehead atoms. The lowest BCUT2D eigenvalue weighted by Gasteiger charge is -2.42. The number of nitrogens with zero attached hydrogens (tertiary/aromatic N) is 3. The van der Waals surface area contributed by atoms with Crippen molar-refractivity contribution in [3.8, 4) is 11.3 Å². The molecule has 2 N–H and O–H groups in total. The lowest BCUT2D eigenvalue weighted by Crippen LogP contribution is -2.53. The van der Waals surface area contributed by atoms with E-state index >= 15 is 0 Å². The maximum absolute atomic E-state index is 12.3. The van der Waals surface area contributed by atoms with Gasteiger partial charge in [0.05, 0.1) is 17.8 Å². The topological polar surface area (TPSA) is 64.2 Å². The fourth-order valence-electron chi connectivity index (χ4n) is 4.35.